The van der Waals surface area contributed by atoms with Gasteiger partial charge in [-0.25, -0.2) is 4.39 Å². The lowest BCUT2D eigenvalue weighted by molar-refractivity contribution is 0.147. The summed E-state index contributed by atoms with van der Waals surface area (Å²) in [5.41, 5.74) is 7.33. The van der Waals surface area contributed by atoms with Gasteiger partial charge in [0.25, 0.3) is 0 Å². The lowest BCUT2D eigenvalue weighted by atomic mass is 9.89. The van der Waals surface area contributed by atoms with Crippen LogP contribution in [0.15, 0.2) is 46.9 Å². The number of aliphatic hydroxyl groups is 1. The highest BCUT2D eigenvalue weighted by molar-refractivity contribution is 9.10. The molecule has 0 saturated heterocycles. The molecular formula is C16H17BrFNO2. The molecule has 3 nitrogen and oxygen atoms in total. The lowest BCUT2D eigenvalue weighted by Crippen LogP contribution is -2.20. The Kier molecular flexibility index (Phi) is 5.33. The summed E-state index contributed by atoms with van der Waals surface area (Å²) in [6, 6.07) is 11.9. The second kappa shape index (κ2) is 7.02. The van der Waals surface area contributed by atoms with E-state index >= 15 is 0 Å². The molecule has 0 radical (unpaired) electrons. The van der Waals surface area contributed by atoms with E-state index in [-0.39, 0.29) is 18.3 Å². The first kappa shape index (κ1) is 15.9. The maximum atomic E-state index is 13.3. The van der Waals surface area contributed by atoms with Crippen molar-refractivity contribution in [2.45, 2.75) is 12.0 Å². The first-order valence-electron chi connectivity index (χ1n) is 6.54. The number of benzene rings is 2. The van der Waals surface area contributed by atoms with Crippen molar-refractivity contribution in [1.29, 1.82) is 0 Å². The largest absolute Gasteiger partial charge is 0.497 e. The summed E-state index contributed by atoms with van der Waals surface area (Å²) in [6.45, 7) is 0.280. The van der Waals surface area contributed by atoms with Crippen LogP contribution in [0.5, 0.6) is 5.75 Å². The molecule has 0 bridgehead atoms. The van der Waals surface area contributed by atoms with Gasteiger partial charge in [0.1, 0.15) is 11.6 Å². The Bertz CT molecular complexity index is 604. The van der Waals surface area contributed by atoms with Gasteiger partial charge in [-0.3, -0.25) is 0 Å². The predicted octanol–water partition coefficient (Wildman–Crippen LogP) is 3.37. The van der Waals surface area contributed by atoms with Gasteiger partial charge in [0.15, 0.2) is 0 Å². The van der Waals surface area contributed by atoms with Gasteiger partial charge in [-0.05, 0) is 51.3 Å². The second-order valence-corrected chi connectivity index (χ2v) is 5.59. The van der Waals surface area contributed by atoms with Crippen LogP contribution in [0.2, 0.25) is 0 Å². The molecule has 0 amide bonds. The van der Waals surface area contributed by atoms with Crippen LogP contribution >= 0.6 is 15.9 Å². The molecular weight excluding hydrogens is 337 g/mol. The van der Waals surface area contributed by atoms with E-state index in [9.17, 15) is 9.50 Å². The third-order valence-electron chi connectivity index (χ3n) is 3.46. The van der Waals surface area contributed by atoms with Crippen LogP contribution in [0, 0.1) is 5.82 Å². The fourth-order valence-electron chi connectivity index (χ4n) is 2.23. The number of aliphatic hydroxyl groups excluding tert-OH is 1. The first-order valence-corrected chi connectivity index (χ1v) is 7.33. The van der Waals surface area contributed by atoms with Crippen LogP contribution in [0.4, 0.5) is 4.39 Å². The minimum absolute atomic E-state index is 0.270. The lowest BCUT2D eigenvalue weighted by Gasteiger charge is -2.22. The number of halogens is 2. The van der Waals surface area contributed by atoms with Crippen molar-refractivity contribution in [2.75, 3.05) is 13.7 Å². The van der Waals surface area contributed by atoms with E-state index in [4.69, 9.17) is 10.5 Å². The molecule has 2 rings (SSSR count). The molecule has 0 spiro atoms. The van der Waals surface area contributed by atoms with Gasteiger partial charge in [0, 0.05) is 12.5 Å². The number of nitrogens with two attached hydrogens (primary N) is 1. The van der Waals surface area contributed by atoms with Gasteiger partial charge in [0.2, 0.25) is 0 Å². The zero-order valence-electron chi connectivity index (χ0n) is 11.6. The van der Waals surface area contributed by atoms with Gasteiger partial charge in [0.05, 0.1) is 17.7 Å². The normalized spacial score (nSPS) is 13.8. The van der Waals surface area contributed by atoms with E-state index < -0.39 is 6.10 Å². The van der Waals surface area contributed by atoms with Crippen molar-refractivity contribution in [3.63, 3.8) is 0 Å². The molecule has 0 aliphatic rings. The zero-order chi connectivity index (χ0) is 15.4. The molecule has 112 valence electrons. The number of hydrogen-bond donors (Lipinski definition) is 2. The molecule has 0 aliphatic carbocycles. The quantitative estimate of drug-likeness (QED) is 0.866. The van der Waals surface area contributed by atoms with Crippen molar-refractivity contribution in [1.82, 2.24) is 0 Å². The van der Waals surface area contributed by atoms with E-state index in [0.717, 1.165) is 11.3 Å². The van der Waals surface area contributed by atoms with Crippen LogP contribution in [0.25, 0.3) is 0 Å². The van der Waals surface area contributed by atoms with E-state index in [1.165, 1.54) is 6.07 Å². The average molecular weight is 354 g/mol. The molecule has 2 unspecified atom stereocenters. The van der Waals surface area contributed by atoms with Crippen molar-refractivity contribution in [2.24, 2.45) is 5.73 Å². The van der Waals surface area contributed by atoms with Crippen molar-refractivity contribution >= 4 is 15.9 Å². The summed E-state index contributed by atoms with van der Waals surface area (Å²) in [5.74, 6) is 0.113. The molecule has 3 N–H and O–H groups in total. The Morgan fingerprint density at radius 2 is 1.81 bits per heavy atom. The maximum absolute atomic E-state index is 13.3. The molecule has 21 heavy (non-hydrogen) atoms. The molecule has 0 heterocycles. The summed E-state index contributed by atoms with van der Waals surface area (Å²) >= 11 is 3.13. The van der Waals surface area contributed by atoms with Gasteiger partial charge in [-0.15, -0.1) is 0 Å². The number of ether oxygens (including phenoxy) is 1. The fourth-order valence-corrected chi connectivity index (χ4v) is 2.62. The Morgan fingerprint density at radius 1 is 1.19 bits per heavy atom. The van der Waals surface area contributed by atoms with Crippen LogP contribution < -0.4 is 10.5 Å². The summed E-state index contributed by atoms with van der Waals surface area (Å²) in [7, 11) is 1.60. The van der Waals surface area contributed by atoms with E-state index in [1.54, 1.807) is 19.2 Å². The number of methoxy groups -OCH3 is 1. The number of rotatable bonds is 5. The van der Waals surface area contributed by atoms with E-state index in [0.29, 0.717) is 10.0 Å². The summed E-state index contributed by atoms with van der Waals surface area (Å²) in [5, 5.41) is 10.5. The molecule has 0 aliphatic heterocycles. The highest BCUT2D eigenvalue weighted by Crippen LogP contribution is 2.32. The minimum Gasteiger partial charge on any atom is -0.497 e. The highest BCUT2D eigenvalue weighted by atomic mass is 79.9. The van der Waals surface area contributed by atoms with Gasteiger partial charge in [-0.2, -0.15) is 0 Å². The van der Waals surface area contributed by atoms with Crippen LogP contribution in [0.3, 0.4) is 0 Å². The Labute approximate surface area is 131 Å². The fraction of sp³-hybridized carbons (Fsp3) is 0.250. The Balaban J connectivity index is 2.28. The molecule has 0 fully saturated rings. The highest BCUT2D eigenvalue weighted by Gasteiger charge is 2.22. The molecule has 0 aromatic heterocycles. The molecule has 0 saturated carbocycles. The van der Waals surface area contributed by atoms with Crippen molar-refractivity contribution in [3.05, 3.63) is 63.9 Å². The van der Waals surface area contributed by atoms with Crippen LogP contribution in [0.1, 0.15) is 23.1 Å². The SMILES string of the molecule is COc1ccc(C(CN)C(O)c2ccc(F)c(Br)c2)cc1. The van der Waals surface area contributed by atoms with Crippen molar-refractivity contribution in [3.8, 4) is 5.75 Å². The predicted molar refractivity (Wildman–Crippen MR) is 83.8 cm³/mol. The van der Waals surface area contributed by atoms with Crippen LogP contribution in [-0.4, -0.2) is 18.8 Å². The van der Waals surface area contributed by atoms with E-state index in [1.807, 2.05) is 24.3 Å². The summed E-state index contributed by atoms with van der Waals surface area (Å²) < 4.78 is 18.7. The van der Waals surface area contributed by atoms with Crippen molar-refractivity contribution < 1.29 is 14.2 Å². The molecule has 2 atom stereocenters. The summed E-state index contributed by atoms with van der Waals surface area (Å²) in [6.07, 6.45) is -0.805. The third kappa shape index (κ3) is 3.61. The maximum Gasteiger partial charge on any atom is 0.137 e. The molecule has 2 aromatic carbocycles. The van der Waals surface area contributed by atoms with E-state index in [2.05, 4.69) is 15.9 Å². The standard InChI is InChI=1S/C16H17BrFNO2/c1-21-12-5-2-10(3-6-12)13(9-19)16(20)11-4-7-15(18)14(17)8-11/h2-8,13,16,20H,9,19H2,1H3. The Morgan fingerprint density at radius 3 is 2.33 bits per heavy atom. The molecule has 2 aromatic rings. The average Bonchev–Trinajstić information content (AvgIpc) is 2.51. The third-order valence-corrected chi connectivity index (χ3v) is 4.07. The minimum atomic E-state index is -0.805. The monoisotopic (exact) mass is 353 g/mol. The Hall–Kier alpha value is -1.43. The van der Waals surface area contributed by atoms with Crippen LogP contribution in [-0.2, 0) is 0 Å². The number of hydrogen-bond acceptors (Lipinski definition) is 3. The summed E-state index contributed by atoms with van der Waals surface area (Å²) in [4.78, 5) is 0. The second-order valence-electron chi connectivity index (χ2n) is 4.73. The topological polar surface area (TPSA) is 55.5 Å². The zero-order valence-corrected chi connectivity index (χ0v) is 13.2. The van der Waals surface area contributed by atoms with Gasteiger partial charge in [-0.1, -0.05) is 18.2 Å². The van der Waals surface area contributed by atoms with Gasteiger partial charge >= 0.3 is 0 Å². The molecule has 5 heteroatoms. The smallest absolute Gasteiger partial charge is 0.137 e. The van der Waals surface area contributed by atoms with Gasteiger partial charge < -0.3 is 15.6 Å². The first-order chi connectivity index (χ1) is 10.1.